The highest BCUT2D eigenvalue weighted by Crippen LogP contribution is 2.27. The summed E-state index contributed by atoms with van der Waals surface area (Å²) in [7, 11) is 1.46. The molecule has 3 aromatic heterocycles. The molecular weight excluding hydrogens is 360 g/mol. The highest BCUT2D eigenvalue weighted by Gasteiger charge is 2.23. The number of hydrogen-bond acceptors (Lipinski definition) is 7. The molecule has 0 aliphatic rings. The van der Waals surface area contributed by atoms with Crippen molar-refractivity contribution in [2.75, 3.05) is 12.4 Å². The van der Waals surface area contributed by atoms with Crippen LogP contribution < -0.4 is 10.1 Å². The van der Waals surface area contributed by atoms with Crippen molar-refractivity contribution in [2.24, 2.45) is 0 Å². The topological polar surface area (TPSA) is 108 Å². The van der Waals surface area contributed by atoms with E-state index in [1.807, 2.05) is 30.3 Å². The average Bonchev–Trinajstić information content (AvgIpc) is 3.39. The van der Waals surface area contributed by atoms with Gasteiger partial charge >= 0.3 is 0 Å². The van der Waals surface area contributed by atoms with Crippen molar-refractivity contribution in [2.45, 2.75) is 6.92 Å². The van der Waals surface area contributed by atoms with Gasteiger partial charge in [0.25, 0.3) is 11.8 Å². The first-order chi connectivity index (χ1) is 13.7. The largest absolute Gasteiger partial charge is 0.478 e. The maximum absolute atomic E-state index is 12.9. The molecule has 9 nitrogen and oxygen atoms in total. The van der Waals surface area contributed by atoms with Crippen LogP contribution in [0.25, 0.3) is 17.1 Å². The molecule has 1 aromatic carbocycles. The summed E-state index contributed by atoms with van der Waals surface area (Å²) in [6, 6.07) is 9.33. The normalized spacial score (nSPS) is 10.6. The van der Waals surface area contributed by atoms with Crippen molar-refractivity contribution in [3.05, 3.63) is 66.6 Å². The van der Waals surface area contributed by atoms with Gasteiger partial charge in [0.2, 0.25) is 0 Å². The molecule has 140 valence electrons. The van der Waals surface area contributed by atoms with Crippen LogP contribution in [0, 0.1) is 6.92 Å². The zero-order chi connectivity index (χ0) is 19.5. The summed E-state index contributed by atoms with van der Waals surface area (Å²) in [6.07, 6.45) is 6.46. The van der Waals surface area contributed by atoms with Gasteiger partial charge in [-0.25, -0.2) is 9.97 Å². The monoisotopic (exact) mass is 376 g/mol. The van der Waals surface area contributed by atoms with E-state index < -0.39 is 5.91 Å². The number of aromatic nitrogens is 5. The predicted octanol–water partition coefficient (Wildman–Crippen LogP) is 2.89. The van der Waals surface area contributed by atoms with E-state index >= 15 is 0 Å². The SMILES string of the molecule is COc1nc(-n2ccnc2)cnc1NC(=O)c1c(-c2ccccc2)noc1C. The van der Waals surface area contributed by atoms with Crippen molar-refractivity contribution in [1.82, 2.24) is 24.7 Å². The first-order valence-electron chi connectivity index (χ1n) is 8.39. The second-order valence-corrected chi connectivity index (χ2v) is 5.84. The molecule has 0 bridgehead atoms. The van der Waals surface area contributed by atoms with Crippen molar-refractivity contribution in [1.29, 1.82) is 0 Å². The fourth-order valence-corrected chi connectivity index (χ4v) is 2.71. The minimum absolute atomic E-state index is 0.176. The molecule has 0 unspecified atom stereocenters. The number of anilines is 1. The standard InChI is InChI=1S/C19H16N6O3/c1-12-15(16(24-28-12)13-6-4-3-5-7-13)18(26)23-17-19(27-2)22-14(10-21-17)25-9-8-20-11-25/h3-11H,1-2H3,(H,21,23,26). The Morgan fingerprint density at radius 1 is 1.25 bits per heavy atom. The highest BCUT2D eigenvalue weighted by atomic mass is 16.5. The minimum atomic E-state index is -0.416. The van der Waals surface area contributed by atoms with Crippen LogP contribution in [0.4, 0.5) is 5.82 Å². The third-order valence-electron chi connectivity index (χ3n) is 4.06. The average molecular weight is 376 g/mol. The smallest absolute Gasteiger partial charge is 0.262 e. The number of imidazole rings is 1. The zero-order valence-electron chi connectivity index (χ0n) is 15.2. The van der Waals surface area contributed by atoms with Crippen molar-refractivity contribution < 1.29 is 14.1 Å². The number of benzene rings is 1. The molecule has 28 heavy (non-hydrogen) atoms. The number of methoxy groups -OCH3 is 1. The van der Waals surface area contributed by atoms with E-state index in [9.17, 15) is 4.79 Å². The van der Waals surface area contributed by atoms with Crippen molar-refractivity contribution >= 4 is 11.7 Å². The minimum Gasteiger partial charge on any atom is -0.478 e. The molecule has 3 heterocycles. The molecule has 4 rings (SSSR count). The van der Waals surface area contributed by atoms with Gasteiger partial charge in [-0.3, -0.25) is 9.36 Å². The number of ether oxygens (including phenoxy) is 1. The summed E-state index contributed by atoms with van der Waals surface area (Å²) >= 11 is 0. The van der Waals surface area contributed by atoms with Gasteiger partial charge in [-0.1, -0.05) is 35.5 Å². The molecule has 0 aliphatic heterocycles. The number of aryl methyl sites for hydroxylation is 1. The van der Waals surface area contributed by atoms with Gasteiger partial charge in [0.05, 0.1) is 13.3 Å². The Labute approximate surface area is 160 Å². The number of rotatable bonds is 5. The van der Waals surface area contributed by atoms with Crippen LogP contribution in [0.1, 0.15) is 16.1 Å². The van der Waals surface area contributed by atoms with E-state index in [1.54, 1.807) is 30.2 Å². The van der Waals surface area contributed by atoms with Gasteiger partial charge in [-0.05, 0) is 6.92 Å². The Bertz CT molecular complexity index is 1110. The summed E-state index contributed by atoms with van der Waals surface area (Å²) in [5, 5.41) is 6.75. The molecule has 1 N–H and O–H groups in total. The summed E-state index contributed by atoms with van der Waals surface area (Å²) in [5.41, 5.74) is 1.56. The molecule has 0 fully saturated rings. The molecule has 4 aromatic rings. The number of carbonyl (C=O) groups is 1. The molecule has 0 aliphatic carbocycles. The van der Waals surface area contributed by atoms with E-state index in [0.29, 0.717) is 22.8 Å². The van der Waals surface area contributed by atoms with Crippen LogP contribution in [-0.4, -0.2) is 37.7 Å². The molecule has 0 spiro atoms. The quantitative estimate of drug-likeness (QED) is 0.570. The van der Waals surface area contributed by atoms with Gasteiger partial charge in [0, 0.05) is 18.0 Å². The summed E-state index contributed by atoms with van der Waals surface area (Å²) < 4.78 is 12.2. The maximum Gasteiger partial charge on any atom is 0.262 e. The first-order valence-corrected chi connectivity index (χ1v) is 8.39. The second kappa shape index (κ2) is 7.31. The lowest BCUT2D eigenvalue weighted by Crippen LogP contribution is -2.16. The molecule has 0 saturated carbocycles. The fraction of sp³-hybridized carbons (Fsp3) is 0.105. The number of nitrogens with one attached hydrogen (secondary N) is 1. The first kappa shape index (κ1) is 17.4. The summed E-state index contributed by atoms with van der Waals surface area (Å²) in [5.74, 6) is 0.864. The lowest BCUT2D eigenvalue weighted by molar-refractivity contribution is 0.102. The van der Waals surface area contributed by atoms with Gasteiger partial charge in [-0.2, -0.15) is 4.98 Å². The highest BCUT2D eigenvalue weighted by molar-refractivity contribution is 6.08. The van der Waals surface area contributed by atoms with E-state index in [0.717, 1.165) is 5.56 Å². The van der Waals surface area contributed by atoms with Gasteiger partial charge in [0.15, 0.2) is 11.6 Å². The van der Waals surface area contributed by atoms with Crippen LogP contribution in [0.5, 0.6) is 5.88 Å². The molecular formula is C19H16N6O3. The van der Waals surface area contributed by atoms with E-state index in [4.69, 9.17) is 9.26 Å². The molecule has 0 atom stereocenters. The summed E-state index contributed by atoms with van der Waals surface area (Å²) in [6.45, 7) is 1.68. The van der Waals surface area contributed by atoms with E-state index in [-0.39, 0.29) is 11.7 Å². The Hall–Kier alpha value is -4.01. The lowest BCUT2D eigenvalue weighted by Gasteiger charge is -2.10. The van der Waals surface area contributed by atoms with Crippen LogP contribution in [0.3, 0.4) is 0 Å². The molecule has 0 radical (unpaired) electrons. The van der Waals surface area contributed by atoms with Crippen LogP contribution >= 0.6 is 0 Å². The molecule has 0 saturated heterocycles. The number of carbonyl (C=O) groups excluding carboxylic acids is 1. The number of amides is 1. The predicted molar refractivity (Wildman–Crippen MR) is 100 cm³/mol. The second-order valence-electron chi connectivity index (χ2n) is 5.84. The molecule has 9 heteroatoms. The van der Waals surface area contributed by atoms with E-state index in [2.05, 4.69) is 25.4 Å². The third kappa shape index (κ3) is 3.20. The van der Waals surface area contributed by atoms with Crippen LogP contribution in [0.15, 0.2) is 59.8 Å². The van der Waals surface area contributed by atoms with Crippen LogP contribution in [0.2, 0.25) is 0 Å². The Morgan fingerprint density at radius 3 is 2.79 bits per heavy atom. The Kier molecular flexibility index (Phi) is 4.55. The van der Waals surface area contributed by atoms with E-state index in [1.165, 1.54) is 13.3 Å². The van der Waals surface area contributed by atoms with Gasteiger partial charge < -0.3 is 14.6 Å². The lowest BCUT2D eigenvalue weighted by atomic mass is 10.1. The maximum atomic E-state index is 12.9. The summed E-state index contributed by atoms with van der Waals surface area (Å²) in [4.78, 5) is 25.5. The Morgan fingerprint density at radius 2 is 2.07 bits per heavy atom. The van der Waals surface area contributed by atoms with Gasteiger partial charge in [0.1, 0.15) is 23.3 Å². The number of nitrogens with zero attached hydrogens (tertiary/aromatic N) is 5. The van der Waals surface area contributed by atoms with Crippen LogP contribution in [-0.2, 0) is 0 Å². The van der Waals surface area contributed by atoms with Crippen molar-refractivity contribution in [3.63, 3.8) is 0 Å². The van der Waals surface area contributed by atoms with Gasteiger partial charge in [-0.15, -0.1) is 0 Å². The fourth-order valence-electron chi connectivity index (χ4n) is 2.71. The molecule has 1 amide bonds. The zero-order valence-corrected chi connectivity index (χ0v) is 15.2. The van der Waals surface area contributed by atoms with Crippen molar-refractivity contribution in [3.8, 4) is 23.0 Å². The number of hydrogen-bond donors (Lipinski definition) is 1. The third-order valence-corrected chi connectivity index (χ3v) is 4.06. The Balaban J connectivity index is 1.65.